The minimum absolute atomic E-state index is 0.494. The highest BCUT2D eigenvalue weighted by molar-refractivity contribution is 5.23. The van der Waals surface area contributed by atoms with Crippen molar-refractivity contribution >= 4 is 0 Å². The van der Waals surface area contributed by atoms with E-state index in [1.807, 2.05) is 19.2 Å². The fourth-order valence-corrected chi connectivity index (χ4v) is 0.370. The minimum atomic E-state index is 0.494. The molecule has 0 saturated heterocycles. The van der Waals surface area contributed by atoms with E-state index >= 15 is 0 Å². The molecule has 0 bridgehead atoms. The SMILES string of the molecule is C=C(/C=C\C(=C)NC)CN. The summed E-state index contributed by atoms with van der Waals surface area (Å²) >= 11 is 0. The van der Waals surface area contributed by atoms with Crippen molar-refractivity contribution in [1.82, 2.24) is 5.32 Å². The summed E-state index contributed by atoms with van der Waals surface area (Å²) in [6.45, 7) is 7.89. The lowest BCUT2D eigenvalue weighted by atomic mass is 10.2. The first-order valence-electron chi connectivity index (χ1n) is 3.13. The van der Waals surface area contributed by atoms with Gasteiger partial charge in [0.15, 0.2) is 0 Å². The zero-order valence-corrected chi connectivity index (χ0v) is 6.35. The third-order valence-electron chi connectivity index (χ3n) is 1.10. The molecule has 0 aromatic heterocycles. The van der Waals surface area contributed by atoms with E-state index in [4.69, 9.17) is 5.73 Å². The molecule has 56 valence electrons. The second-order valence-electron chi connectivity index (χ2n) is 1.97. The van der Waals surface area contributed by atoms with Gasteiger partial charge in [-0.05, 0) is 11.6 Å². The van der Waals surface area contributed by atoms with Crippen molar-refractivity contribution < 1.29 is 0 Å². The first-order valence-corrected chi connectivity index (χ1v) is 3.13. The van der Waals surface area contributed by atoms with Crippen molar-refractivity contribution in [1.29, 1.82) is 0 Å². The van der Waals surface area contributed by atoms with Crippen LogP contribution in [-0.2, 0) is 0 Å². The summed E-state index contributed by atoms with van der Waals surface area (Å²) in [4.78, 5) is 0. The van der Waals surface area contributed by atoms with Crippen LogP contribution in [0.25, 0.3) is 0 Å². The summed E-state index contributed by atoms with van der Waals surface area (Å²) in [5, 5.41) is 2.88. The van der Waals surface area contributed by atoms with Crippen molar-refractivity contribution in [2.75, 3.05) is 13.6 Å². The van der Waals surface area contributed by atoms with Crippen molar-refractivity contribution in [3.8, 4) is 0 Å². The summed E-state index contributed by atoms with van der Waals surface area (Å²) in [6.07, 6.45) is 3.69. The van der Waals surface area contributed by atoms with E-state index in [-0.39, 0.29) is 0 Å². The van der Waals surface area contributed by atoms with Crippen LogP contribution in [0.15, 0.2) is 36.6 Å². The molecule has 0 aliphatic rings. The molecule has 2 heteroatoms. The van der Waals surface area contributed by atoms with Gasteiger partial charge in [0.2, 0.25) is 0 Å². The lowest BCUT2D eigenvalue weighted by molar-refractivity contribution is 1.04. The zero-order valence-electron chi connectivity index (χ0n) is 6.35. The van der Waals surface area contributed by atoms with Gasteiger partial charge < -0.3 is 11.1 Å². The monoisotopic (exact) mass is 138 g/mol. The maximum absolute atomic E-state index is 5.30. The lowest BCUT2D eigenvalue weighted by Crippen LogP contribution is -2.02. The number of rotatable bonds is 4. The van der Waals surface area contributed by atoms with Crippen LogP contribution in [-0.4, -0.2) is 13.6 Å². The Balaban J connectivity index is 3.75. The summed E-state index contributed by atoms with van der Waals surface area (Å²) < 4.78 is 0. The molecule has 0 spiro atoms. The molecule has 0 unspecified atom stereocenters. The van der Waals surface area contributed by atoms with Crippen molar-refractivity contribution in [3.63, 3.8) is 0 Å². The first kappa shape index (κ1) is 8.98. The van der Waals surface area contributed by atoms with E-state index < -0.39 is 0 Å². The number of nitrogens with one attached hydrogen (secondary N) is 1. The van der Waals surface area contributed by atoms with Crippen LogP contribution in [0.2, 0.25) is 0 Å². The van der Waals surface area contributed by atoms with Crippen LogP contribution in [0, 0.1) is 0 Å². The van der Waals surface area contributed by atoms with Crippen LogP contribution < -0.4 is 11.1 Å². The third kappa shape index (κ3) is 3.92. The molecule has 0 rings (SSSR count). The van der Waals surface area contributed by atoms with Gasteiger partial charge in [-0.15, -0.1) is 0 Å². The molecule has 0 aliphatic carbocycles. The van der Waals surface area contributed by atoms with Gasteiger partial charge in [0.05, 0.1) is 0 Å². The number of hydrogen-bond donors (Lipinski definition) is 2. The van der Waals surface area contributed by atoms with E-state index in [9.17, 15) is 0 Å². The van der Waals surface area contributed by atoms with Gasteiger partial charge in [0.1, 0.15) is 0 Å². The quantitative estimate of drug-likeness (QED) is 0.564. The van der Waals surface area contributed by atoms with E-state index in [1.54, 1.807) is 0 Å². The molecule has 0 saturated carbocycles. The Hall–Kier alpha value is -1.02. The average molecular weight is 138 g/mol. The number of allylic oxidation sites excluding steroid dienone is 1. The summed E-state index contributed by atoms with van der Waals surface area (Å²) in [5.41, 5.74) is 7.05. The fraction of sp³-hybridized carbons (Fsp3) is 0.250. The van der Waals surface area contributed by atoms with Gasteiger partial charge in [-0.3, -0.25) is 0 Å². The van der Waals surface area contributed by atoms with Gasteiger partial charge in [-0.25, -0.2) is 0 Å². The molecule has 2 nitrogen and oxygen atoms in total. The molecule has 0 atom stereocenters. The Kier molecular flexibility index (Phi) is 4.33. The highest BCUT2D eigenvalue weighted by Crippen LogP contribution is 1.92. The smallest absolute Gasteiger partial charge is 0.0264 e. The van der Waals surface area contributed by atoms with E-state index in [1.165, 1.54) is 0 Å². The standard InChI is InChI=1S/C8H14N2/c1-7(6-9)4-5-8(2)10-3/h4-5,10H,1-2,6,9H2,3H3/b5-4-. The highest BCUT2D eigenvalue weighted by atomic mass is 14.8. The molecular weight excluding hydrogens is 124 g/mol. The molecule has 0 radical (unpaired) electrons. The fourth-order valence-electron chi connectivity index (χ4n) is 0.370. The molecule has 10 heavy (non-hydrogen) atoms. The van der Waals surface area contributed by atoms with Gasteiger partial charge in [0.25, 0.3) is 0 Å². The molecule has 0 heterocycles. The molecule has 0 aromatic rings. The molecule has 0 aliphatic heterocycles. The first-order chi connectivity index (χ1) is 4.70. The number of nitrogens with two attached hydrogens (primary N) is 1. The normalized spacial score (nSPS) is 9.80. The lowest BCUT2D eigenvalue weighted by Gasteiger charge is -1.96. The largest absolute Gasteiger partial charge is 0.389 e. The molecule has 0 amide bonds. The Morgan fingerprint density at radius 3 is 2.50 bits per heavy atom. The van der Waals surface area contributed by atoms with E-state index in [2.05, 4.69) is 18.5 Å². The predicted molar refractivity (Wildman–Crippen MR) is 45.5 cm³/mol. The van der Waals surface area contributed by atoms with Crippen LogP contribution in [0.3, 0.4) is 0 Å². The average Bonchev–Trinajstić information content (AvgIpc) is 1.99. The van der Waals surface area contributed by atoms with Crippen LogP contribution in [0.4, 0.5) is 0 Å². The highest BCUT2D eigenvalue weighted by Gasteiger charge is 1.82. The zero-order chi connectivity index (χ0) is 7.98. The van der Waals surface area contributed by atoms with Gasteiger partial charge in [0, 0.05) is 19.3 Å². The van der Waals surface area contributed by atoms with E-state index in [0.29, 0.717) is 6.54 Å². The van der Waals surface area contributed by atoms with Crippen molar-refractivity contribution in [3.05, 3.63) is 36.6 Å². The van der Waals surface area contributed by atoms with Gasteiger partial charge in [-0.1, -0.05) is 19.2 Å². The van der Waals surface area contributed by atoms with Crippen LogP contribution >= 0.6 is 0 Å². The van der Waals surface area contributed by atoms with Crippen LogP contribution in [0.1, 0.15) is 0 Å². The Morgan fingerprint density at radius 2 is 2.10 bits per heavy atom. The van der Waals surface area contributed by atoms with Crippen LogP contribution in [0.5, 0.6) is 0 Å². The van der Waals surface area contributed by atoms with E-state index in [0.717, 1.165) is 11.3 Å². The van der Waals surface area contributed by atoms with Gasteiger partial charge in [-0.2, -0.15) is 0 Å². The summed E-state index contributed by atoms with van der Waals surface area (Å²) in [7, 11) is 1.82. The Bertz CT molecular complexity index is 139. The maximum atomic E-state index is 5.30. The number of hydrogen-bond acceptors (Lipinski definition) is 2. The molecule has 0 aromatic carbocycles. The second-order valence-corrected chi connectivity index (χ2v) is 1.97. The molecule has 3 N–H and O–H groups in total. The molecular formula is C8H14N2. The predicted octanol–water partition coefficient (Wildman–Crippen LogP) is 0.791. The Labute approximate surface area is 62.1 Å². The van der Waals surface area contributed by atoms with Crippen molar-refractivity contribution in [2.45, 2.75) is 0 Å². The third-order valence-corrected chi connectivity index (χ3v) is 1.10. The Morgan fingerprint density at radius 1 is 1.50 bits per heavy atom. The maximum Gasteiger partial charge on any atom is 0.0264 e. The second kappa shape index (κ2) is 4.82. The summed E-state index contributed by atoms with van der Waals surface area (Å²) in [5.74, 6) is 0. The van der Waals surface area contributed by atoms with Crippen molar-refractivity contribution in [2.24, 2.45) is 5.73 Å². The number of likely N-dealkylation sites (N-methyl/N-ethyl adjacent to an activating group) is 1. The van der Waals surface area contributed by atoms with Gasteiger partial charge >= 0.3 is 0 Å². The topological polar surface area (TPSA) is 38.0 Å². The molecule has 0 fully saturated rings. The summed E-state index contributed by atoms with van der Waals surface area (Å²) in [6, 6.07) is 0. The minimum Gasteiger partial charge on any atom is -0.389 e.